The predicted molar refractivity (Wildman–Crippen MR) is 115 cm³/mol. The van der Waals surface area contributed by atoms with Gasteiger partial charge in [0.2, 0.25) is 0 Å². The van der Waals surface area contributed by atoms with Gasteiger partial charge in [-0.25, -0.2) is 4.79 Å². The Morgan fingerprint density at radius 2 is 2.24 bits per heavy atom. The Morgan fingerprint density at radius 1 is 1.31 bits per heavy atom. The fraction of sp³-hybridized carbons (Fsp3) is 0.583. The number of allylic oxidation sites excluding steroid dienone is 1. The first-order valence-electron chi connectivity index (χ1n) is 10.9. The number of alkyl carbamates (subject to hydrolysis) is 1. The number of hydrogen-bond acceptors (Lipinski definition) is 4. The van der Waals surface area contributed by atoms with E-state index in [0.29, 0.717) is 25.2 Å². The van der Waals surface area contributed by atoms with Gasteiger partial charge in [0.25, 0.3) is 0 Å². The number of rotatable bonds is 8. The summed E-state index contributed by atoms with van der Waals surface area (Å²) in [5, 5.41) is 3.04. The lowest BCUT2D eigenvalue weighted by Crippen LogP contribution is -2.40. The van der Waals surface area contributed by atoms with E-state index in [1.165, 1.54) is 16.7 Å². The number of benzene rings is 1. The summed E-state index contributed by atoms with van der Waals surface area (Å²) in [6.07, 6.45) is 12.7. The van der Waals surface area contributed by atoms with Crippen molar-refractivity contribution in [2.45, 2.75) is 68.9 Å². The van der Waals surface area contributed by atoms with Crippen LogP contribution in [0, 0.1) is 0 Å². The van der Waals surface area contributed by atoms with Crippen molar-refractivity contribution in [1.82, 2.24) is 5.32 Å². The minimum absolute atomic E-state index is 0.133. The summed E-state index contributed by atoms with van der Waals surface area (Å²) in [6.45, 7) is 5.54. The minimum atomic E-state index is -0.259. The van der Waals surface area contributed by atoms with Crippen LogP contribution in [-0.4, -0.2) is 44.2 Å². The van der Waals surface area contributed by atoms with Gasteiger partial charge in [0.15, 0.2) is 0 Å². The maximum absolute atomic E-state index is 11.5. The van der Waals surface area contributed by atoms with Gasteiger partial charge in [0.1, 0.15) is 6.61 Å². The number of unbranched alkanes of at least 4 members (excludes halogenated alkanes) is 1. The van der Waals surface area contributed by atoms with E-state index in [-0.39, 0.29) is 11.6 Å². The van der Waals surface area contributed by atoms with Gasteiger partial charge < -0.3 is 19.8 Å². The third-order valence-corrected chi connectivity index (χ3v) is 6.62. The van der Waals surface area contributed by atoms with E-state index in [1.807, 2.05) is 0 Å². The zero-order valence-corrected chi connectivity index (χ0v) is 17.2. The number of nitrogens with one attached hydrogen (secondary N) is 1. The largest absolute Gasteiger partial charge is 0.447 e. The molecule has 0 unspecified atom stereocenters. The van der Waals surface area contributed by atoms with Gasteiger partial charge in [-0.2, -0.15) is 0 Å². The summed E-state index contributed by atoms with van der Waals surface area (Å²) in [5.74, 6) is 0.512. The van der Waals surface area contributed by atoms with Crippen LogP contribution in [0.3, 0.4) is 0 Å². The molecule has 2 fully saturated rings. The highest BCUT2D eigenvalue weighted by molar-refractivity contribution is 5.70. The average molecular weight is 397 g/mol. The maximum Gasteiger partial charge on any atom is 0.407 e. The van der Waals surface area contributed by atoms with Crippen LogP contribution >= 0.6 is 0 Å². The highest BCUT2D eigenvalue weighted by Crippen LogP contribution is 2.43. The number of carbonyl (C=O) groups is 1. The lowest BCUT2D eigenvalue weighted by Gasteiger charge is -2.26. The van der Waals surface area contributed by atoms with E-state index >= 15 is 0 Å². The molecule has 1 N–H and O–H groups in total. The smallest absolute Gasteiger partial charge is 0.407 e. The number of carbonyl (C=O) groups excluding carboxylic acids is 1. The van der Waals surface area contributed by atoms with Crippen molar-refractivity contribution in [1.29, 1.82) is 0 Å². The molecule has 0 aromatic heterocycles. The van der Waals surface area contributed by atoms with Gasteiger partial charge in [0, 0.05) is 6.54 Å². The Kier molecular flexibility index (Phi) is 6.34. The highest BCUT2D eigenvalue weighted by Gasteiger charge is 2.46. The molecule has 5 heteroatoms. The molecule has 1 spiro atoms. The molecular formula is C24H32N2O3. The third-order valence-electron chi connectivity index (χ3n) is 6.62. The second-order valence-electron chi connectivity index (χ2n) is 8.71. The number of ether oxygens (including phenoxy) is 2. The number of aryl methyl sites for hydroxylation is 1. The minimum Gasteiger partial charge on any atom is -0.447 e. The molecule has 1 saturated heterocycles. The molecule has 5 nitrogen and oxygen atoms in total. The number of cyclic esters (lactones) is 1. The van der Waals surface area contributed by atoms with Gasteiger partial charge in [-0.15, -0.1) is 0 Å². The van der Waals surface area contributed by atoms with Crippen LogP contribution in [0.15, 0.2) is 35.3 Å². The van der Waals surface area contributed by atoms with Crippen molar-refractivity contribution in [2.75, 3.05) is 19.8 Å². The molecule has 1 saturated carbocycles. The molecule has 4 rings (SSSR count). The van der Waals surface area contributed by atoms with E-state index in [9.17, 15) is 4.79 Å². The van der Waals surface area contributed by atoms with Crippen LogP contribution in [0.1, 0.15) is 61.1 Å². The summed E-state index contributed by atoms with van der Waals surface area (Å²) >= 11 is 0. The van der Waals surface area contributed by atoms with Gasteiger partial charge >= 0.3 is 6.09 Å². The van der Waals surface area contributed by atoms with Crippen LogP contribution in [0.2, 0.25) is 0 Å². The van der Waals surface area contributed by atoms with Crippen molar-refractivity contribution >= 4 is 12.8 Å². The van der Waals surface area contributed by atoms with Gasteiger partial charge in [-0.3, -0.25) is 0 Å². The molecule has 1 aliphatic heterocycles. The summed E-state index contributed by atoms with van der Waals surface area (Å²) in [5.41, 5.74) is 4.18. The summed E-state index contributed by atoms with van der Waals surface area (Å²) in [7, 11) is 0. The summed E-state index contributed by atoms with van der Waals surface area (Å²) in [6, 6.07) is 6.99. The Bertz CT molecular complexity index is 775. The lowest BCUT2D eigenvalue weighted by molar-refractivity contribution is 0.0641. The van der Waals surface area contributed by atoms with E-state index < -0.39 is 0 Å². The second kappa shape index (κ2) is 9.12. The zero-order valence-electron chi connectivity index (χ0n) is 17.2. The number of hydrogen-bond donors (Lipinski definition) is 1. The Labute approximate surface area is 173 Å². The molecule has 3 atom stereocenters. The first-order valence-corrected chi connectivity index (χ1v) is 10.9. The SMILES string of the molecule is C=NCCC/C=C\CO[C@H]1CCc2cc([C@H]3CC[C@]4(COC(=O)N4)C3)ccc2C1. The quantitative estimate of drug-likeness (QED) is 0.404. The molecule has 156 valence electrons. The van der Waals surface area contributed by atoms with Crippen molar-refractivity contribution in [3.05, 3.63) is 47.0 Å². The molecule has 0 radical (unpaired) electrons. The fourth-order valence-corrected chi connectivity index (χ4v) is 4.98. The van der Waals surface area contributed by atoms with Gasteiger partial charge in [-0.05, 0) is 80.7 Å². The van der Waals surface area contributed by atoms with Crippen LogP contribution in [0.4, 0.5) is 4.79 Å². The first kappa shape index (κ1) is 20.1. The molecule has 3 aliphatic rings. The Morgan fingerprint density at radius 3 is 3.07 bits per heavy atom. The van der Waals surface area contributed by atoms with Crippen molar-refractivity contribution < 1.29 is 14.3 Å². The van der Waals surface area contributed by atoms with Gasteiger partial charge in [0.05, 0.1) is 18.2 Å². The third kappa shape index (κ3) is 4.89. The molecule has 1 amide bonds. The Hall–Kier alpha value is -2.14. The van der Waals surface area contributed by atoms with E-state index in [0.717, 1.165) is 57.9 Å². The van der Waals surface area contributed by atoms with Crippen molar-refractivity contribution in [3.63, 3.8) is 0 Å². The maximum atomic E-state index is 11.5. The standard InChI is InChI=1S/C24H32N2O3/c1-25-12-4-2-3-5-13-28-22-9-8-18-14-19(6-7-20(18)15-22)21-10-11-24(16-21)17-29-23(27)26-24/h3,5-7,14,21-22H,1-2,4,8-13,15-17H2,(H,26,27)/b5-3-/t21-,22-,24+/m0/s1. The molecule has 1 heterocycles. The number of aliphatic imine (C=N–C) groups is 1. The number of amides is 1. The molecule has 1 aromatic carbocycles. The first-order chi connectivity index (χ1) is 14.2. The van der Waals surface area contributed by atoms with E-state index in [4.69, 9.17) is 9.47 Å². The molecule has 0 bridgehead atoms. The van der Waals surface area contributed by atoms with Crippen LogP contribution in [0.25, 0.3) is 0 Å². The summed E-state index contributed by atoms with van der Waals surface area (Å²) < 4.78 is 11.2. The molecule has 2 aliphatic carbocycles. The van der Waals surface area contributed by atoms with E-state index in [2.05, 4.69) is 47.4 Å². The number of fused-ring (bicyclic) bond motifs is 1. The lowest BCUT2D eigenvalue weighted by atomic mass is 9.85. The van der Waals surface area contributed by atoms with E-state index in [1.54, 1.807) is 0 Å². The van der Waals surface area contributed by atoms with Gasteiger partial charge in [-0.1, -0.05) is 30.4 Å². The molecular weight excluding hydrogens is 364 g/mol. The monoisotopic (exact) mass is 396 g/mol. The second-order valence-corrected chi connectivity index (χ2v) is 8.71. The summed E-state index contributed by atoms with van der Waals surface area (Å²) in [4.78, 5) is 15.3. The van der Waals surface area contributed by atoms with Crippen LogP contribution in [-0.2, 0) is 22.3 Å². The Balaban J connectivity index is 1.28. The topological polar surface area (TPSA) is 59.9 Å². The zero-order chi connectivity index (χ0) is 20.1. The highest BCUT2D eigenvalue weighted by atomic mass is 16.6. The normalized spacial score (nSPS) is 28.5. The predicted octanol–water partition coefficient (Wildman–Crippen LogP) is 4.34. The average Bonchev–Trinajstić information content (AvgIpc) is 3.32. The molecule has 1 aromatic rings. The number of nitrogens with zero attached hydrogens (tertiary/aromatic N) is 1. The van der Waals surface area contributed by atoms with Crippen LogP contribution in [0.5, 0.6) is 0 Å². The van der Waals surface area contributed by atoms with Crippen LogP contribution < -0.4 is 5.32 Å². The van der Waals surface area contributed by atoms with Crippen molar-refractivity contribution in [2.24, 2.45) is 4.99 Å². The molecule has 29 heavy (non-hydrogen) atoms. The van der Waals surface area contributed by atoms with Crippen molar-refractivity contribution in [3.8, 4) is 0 Å². The fourth-order valence-electron chi connectivity index (χ4n) is 4.98.